The summed E-state index contributed by atoms with van der Waals surface area (Å²) in [5.74, 6) is 0.778. The minimum Gasteiger partial charge on any atom is -0.365 e. The van der Waals surface area contributed by atoms with E-state index in [-0.39, 0.29) is 0 Å². The van der Waals surface area contributed by atoms with E-state index in [4.69, 9.17) is 0 Å². The van der Waals surface area contributed by atoms with Gasteiger partial charge in [-0.05, 0) is 36.8 Å². The second-order valence-corrected chi connectivity index (χ2v) is 8.32. The molecular weight excluding hydrogens is 348 g/mol. The molecule has 1 N–H and O–H groups in total. The van der Waals surface area contributed by atoms with E-state index < -0.39 is 9.84 Å². The van der Waals surface area contributed by atoms with Crippen LogP contribution >= 0.6 is 0 Å². The van der Waals surface area contributed by atoms with E-state index in [1.165, 1.54) is 6.26 Å². The lowest BCUT2D eigenvalue weighted by Gasteiger charge is -2.10. The van der Waals surface area contributed by atoms with Crippen LogP contribution in [0.4, 0.5) is 5.82 Å². The largest absolute Gasteiger partial charge is 0.365 e. The Bertz CT molecular complexity index is 1210. The fourth-order valence-corrected chi connectivity index (χ4v) is 3.58. The molecule has 2 aromatic heterocycles. The van der Waals surface area contributed by atoms with Gasteiger partial charge in [-0.25, -0.2) is 17.9 Å². The number of hydrogen-bond donors (Lipinski definition) is 1. The Hall–Kier alpha value is -2.93. The van der Waals surface area contributed by atoms with E-state index in [0.29, 0.717) is 11.4 Å². The van der Waals surface area contributed by atoms with Crippen molar-refractivity contribution >= 4 is 32.2 Å². The summed E-state index contributed by atoms with van der Waals surface area (Å²) in [6, 6.07) is 16.8. The molecule has 0 bridgehead atoms. The molecule has 0 radical (unpaired) electrons. The third-order valence-corrected chi connectivity index (χ3v) is 5.37. The van der Waals surface area contributed by atoms with Crippen molar-refractivity contribution in [2.24, 2.45) is 0 Å². The van der Waals surface area contributed by atoms with E-state index in [1.54, 1.807) is 12.1 Å². The normalized spacial score (nSPS) is 11.9. The van der Waals surface area contributed by atoms with Gasteiger partial charge in [-0.3, -0.25) is 0 Å². The second-order valence-electron chi connectivity index (χ2n) is 6.30. The molecule has 4 rings (SSSR count). The van der Waals surface area contributed by atoms with Crippen molar-refractivity contribution in [2.75, 3.05) is 11.6 Å². The van der Waals surface area contributed by atoms with Crippen molar-refractivity contribution in [2.45, 2.75) is 18.4 Å². The van der Waals surface area contributed by atoms with E-state index >= 15 is 0 Å². The quantitative estimate of drug-likeness (QED) is 0.600. The van der Waals surface area contributed by atoms with Gasteiger partial charge in [0.2, 0.25) is 0 Å². The zero-order valence-corrected chi connectivity index (χ0v) is 15.3. The van der Waals surface area contributed by atoms with E-state index in [0.717, 1.165) is 33.6 Å². The number of para-hydroxylation sites is 1. The summed E-state index contributed by atoms with van der Waals surface area (Å²) in [5, 5.41) is 8.85. The van der Waals surface area contributed by atoms with Gasteiger partial charge in [-0.15, -0.1) is 0 Å². The Morgan fingerprint density at radius 3 is 2.54 bits per heavy atom. The standard InChI is InChI=1S/C19H18N4O2S/c1-13-11-18-21-19(16-5-3-4-6-17(16)23(18)22-13)20-12-14-7-9-15(10-8-14)26(2,24)25/h3-11H,12H2,1-2H3,(H,20,21). The number of hydrogen-bond acceptors (Lipinski definition) is 5. The van der Waals surface area contributed by atoms with Gasteiger partial charge >= 0.3 is 0 Å². The summed E-state index contributed by atoms with van der Waals surface area (Å²) in [7, 11) is -3.18. The molecule has 0 saturated carbocycles. The SMILES string of the molecule is Cc1cc2nc(NCc3ccc(S(C)(=O)=O)cc3)c3ccccc3n2n1. The molecule has 0 spiro atoms. The summed E-state index contributed by atoms with van der Waals surface area (Å²) >= 11 is 0. The summed E-state index contributed by atoms with van der Waals surface area (Å²) in [6.45, 7) is 2.49. The molecule has 0 aliphatic rings. The third kappa shape index (κ3) is 3.01. The first-order chi connectivity index (χ1) is 12.4. The topological polar surface area (TPSA) is 76.4 Å². The van der Waals surface area contributed by atoms with Crippen molar-refractivity contribution in [1.82, 2.24) is 14.6 Å². The van der Waals surface area contributed by atoms with Gasteiger partial charge in [0, 0.05) is 24.3 Å². The van der Waals surface area contributed by atoms with E-state index in [2.05, 4.69) is 15.4 Å². The molecule has 0 atom stereocenters. The summed E-state index contributed by atoms with van der Waals surface area (Å²) < 4.78 is 25.0. The van der Waals surface area contributed by atoms with Crippen molar-refractivity contribution in [1.29, 1.82) is 0 Å². The first-order valence-electron chi connectivity index (χ1n) is 8.20. The average molecular weight is 366 g/mol. The predicted octanol–water partition coefficient (Wildman–Crippen LogP) is 3.21. The van der Waals surface area contributed by atoms with Crippen LogP contribution in [0.1, 0.15) is 11.3 Å². The van der Waals surface area contributed by atoms with Crippen LogP contribution in [0.15, 0.2) is 59.5 Å². The maximum Gasteiger partial charge on any atom is 0.175 e. The Balaban J connectivity index is 1.68. The number of fused-ring (bicyclic) bond motifs is 3. The van der Waals surface area contributed by atoms with Gasteiger partial charge in [0.15, 0.2) is 15.5 Å². The summed E-state index contributed by atoms with van der Waals surface area (Å²) in [4.78, 5) is 5.01. The first kappa shape index (κ1) is 16.5. The number of nitrogens with one attached hydrogen (secondary N) is 1. The Morgan fingerprint density at radius 1 is 1.08 bits per heavy atom. The molecule has 132 valence electrons. The lowest BCUT2D eigenvalue weighted by Crippen LogP contribution is -2.05. The molecule has 2 aromatic carbocycles. The van der Waals surface area contributed by atoms with Crippen molar-refractivity contribution < 1.29 is 8.42 Å². The number of aryl methyl sites for hydroxylation is 1. The van der Waals surface area contributed by atoms with Crippen LogP contribution in [-0.4, -0.2) is 29.3 Å². The van der Waals surface area contributed by atoms with Crippen molar-refractivity contribution in [3.8, 4) is 0 Å². The van der Waals surface area contributed by atoms with Crippen molar-refractivity contribution in [3.63, 3.8) is 0 Å². The molecule has 7 heteroatoms. The Morgan fingerprint density at radius 2 is 1.81 bits per heavy atom. The fourth-order valence-electron chi connectivity index (χ4n) is 2.95. The van der Waals surface area contributed by atoms with Crippen LogP contribution in [0.25, 0.3) is 16.6 Å². The van der Waals surface area contributed by atoms with Crippen LogP contribution in [-0.2, 0) is 16.4 Å². The Labute approximate surface area is 151 Å². The maximum absolute atomic E-state index is 11.6. The number of aromatic nitrogens is 3. The Kier molecular flexibility index (Phi) is 3.88. The van der Waals surface area contributed by atoms with Gasteiger partial charge in [0.1, 0.15) is 5.82 Å². The van der Waals surface area contributed by atoms with Gasteiger partial charge < -0.3 is 5.32 Å². The number of benzene rings is 2. The monoisotopic (exact) mass is 366 g/mol. The number of rotatable bonds is 4. The first-order valence-corrected chi connectivity index (χ1v) is 10.1. The number of sulfone groups is 1. The molecule has 0 fully saturated rings. The molecular formula is C19H18N4O2S. The van der Waals surface area contributed by atoms with Crippen LogP contribution in [0.2, 0.25) is 0 Å². The minimum atomic E-state index is -3.18. The average Bonchev–Trinajstić information content (AvgIpc) is 3.00. The van der Waals surface area contributed by atoms with Crippen LogP contribution in [0.3, 0.4) is 0 Å². The molecule has 4 aromatic rings. The van der Waals surface area contributed by atoms with Gasteiger partial charge in [0.05, 0.1) is 16.1 Å². The smallest absolute Gasteiger partial charge is 0.175 e. The van der Waals surface area contributed by atoms with Gasteiger partial charge in [-0.1, -0.05) is 24.3 Å². The van der Waals surface area contributed by atoms with Gasteiger partial charge in [0.25, 0.3) is 0 Å². The molecule has 0 aliphatic carbocycles. The highest BCUT2D eigenvalue weighted by atomic mass is 32.2. The molecule has 2 heterocycles. The molecule has 0 saturated heterocycles. The minimum absolute atomic E-state index is 0.320. The molecule has 0 unspecified atom stereocenters. The molecule has 0 amide bonds. The number of nitrogens with zero attached hydrogens (tertiary/aromatic N) is 3. The van der Waals surface area contributed by atoms with E-state index in [1.807, 2.05) is 53.9 Å². The molecule has 6 nitrogen and oxygen atoms in total. The van der Waals surface area contributed by atoms with Gasteiger partial charge in [-0.2, -0.15) is 5.10 Å². The highest BCUT2D eigenvalue weighted by Gasteiger charge is 2.10. The molecule has 26 heavy (non-hydrogen) atoms. The highest BCUT2D eigenvalue weighted by molar-refractivity contribution is 7.90. The van der Waals surface area contributed by atoms with Crippen molar-refractivity contribution in [3.05, 3.63) is 65.9 Å². The third-order valence-electron chi connectivity index (χ3n) is 4.24. The summed E-state index contributed by atoms with van der Waals surface area (Å²) in [6.07, 6.45) is 1.21. The second kappa shape index (κ2) is 6.10. The highest BCUT2D eigenvalue weighted by Crippen LogP contribution is 2.24. The zero-order chi connectivity index (χ0) is 18.3. The number of anilines is 1. The molecule has 0 aliphatic heterocycles. The van der Waals surface area contributed by atoms with Crippen LogP contribution in [0, 0.1) is 6.92 Å². The fraction of sp³-hybridized carbons (Fsp3) is 0.158. The predicted molar refractivity (Wildman–Crippen MR) is 102 cm³/mol. The van der Waals surface area contributed by atoms with Crippen LogP contribution in [0.5, 0.6) is 0 Å². The summed E-state index contributed by atoms with van der Waals surface area (Å²) in [5.41, 5.74) is 3.67. The lowest BCUT2D eigenvalue weighted by atomic mass is 10.2. The van der Waals surface area contributed by atoms with E-state index in [9.17, 15) is 8.42 Å². The maximum atomic E-state index is 11.6. The lowest BCUT2D eigenvalue weighted by molar-refractivity contribution is 0.602. The van der Waals surface area contributed by atoms with Crippen LogP contribution < -0.4 is 5.32 Å². The zero-order valence-electron chi connectivity index (χ0n) is 14.5.